The summed E-state index contributed by atoms with van der Waals surface area (Å²) in [4.78, 5) is 32.6. The van der Waals surface area contributed by atoms with E-state index in [-0.39, 0.29) is 11.1 Å². The summed E-state index contributed by atoms with van der Waals surface area (Å²) in [6, 6.07) is 18.8. The number of thiophene rings is 4. The van der Waals surface area contributed by atoms with E-state index in [0.29, 0.717) is 11.1 Å². The quantitative estimate of drug-likeness (QED) is 0.234. The molecule has 0 fully saturated rings. The van der Waals surface area contributed by atoms with Crippen LogP contribution in [0.15, 0.2) is 60.7 Å². The Balaban J connectivity index is 1.62. The van der Waals surface area contributed by atoms with E-state index < -0.39 is 11.9 Å². The van der Waals surface area contributed by atoms with Crippen molar-refractivity contribution in [2.24, 2.45) is 0 Å². The van der Waals surface area contributed by atoms with Gasteiger partial charge in [0.15, 0.2) is 0 Å². The second-order valence-electron chi connectivity index (χ2n) is 7.70. The first-order valence-corrected chi connectivity index (χ1v) is 13.6. The highest BCUT2D eigenvalue weighted by Gasteiger charge is 2.23. The number of carbonyl (C=O) groups is 2. The molecular weight excluding hydrogens is 505 g/mol. The first-order chi connectivity index (χ1) is 16.3. The number of hydrogen-bond acceptors (Lipinski definition) is 6. The fourth-order valence-electron chi connectivity index (χ4n) is 3.73. The van der Waals surface area contributed by atoms with E-state index in [1.54, 1.807) is 22.7 Å². The van der Waals surface area contributed by atoms with Crippen LogP contribution >= 0.6 is 45.3 Å². The van der Waals surface area contributed by atoms with E-state index in [4.69, 9.17) is 0 Å². The zero-order valence-corrected chi connectivity index (χ0v) is 21.4. The molecule has 0 saturated heterocycles. The predicted octanol–water partition coefficient (Wildman–Crippen LogP) is 8.61. The van der Waals surface area contributed by atoms with Crippen LogP contribution in [0.3, 0.4) is 0 Å². The number of rotatable bonds is 6. The minimum atomic E-state index is -1.08. The minimum absolute atomic E-state index is 0.0951. The summed E-state index contributed by atoms with van der Waals surface area (Å²) in [5.41, 5.74) is 1.03. The minimum Gasteiger partial charge on any atom is -0.478 e. The van der Waals surface area contributed by atoms with Gasteiger partial charge in [0, 0.05) is 50.1 Å². The van der Waals surface area contributed by atoms with E-state index in [2.05, 4.69) is 0 Å². The molecule has 4 nitrogen and oxygen atoms in total. The molecule has 5 rings (SSSR count). The molecule has 170 valence electrons. The topological polar surface area (TPSA) is 74.6 Å². The molecule has 0 radical (unpaired) electrons. The van der Waals surface area contributed by atoms with Crippen LogP contribution in [0.25, 0.3) is 40.4 Å². The zero-order chi connectivity index (χ0) is 24.0. The average Bonchev–Trinajstić information content (AvgIpc) is 3.59. The van der Waals surface area contributed by atoms with Crippen LogP contribution in [0.4, 0.5) is 0 Å². The van der Waals surface area contributed by atoms with Gasteiger partial charge in [-0.2, -0.15) is 0 Å². The third-order valence-corrected chi connectivity index (χ3v) is 9.96. The van der Waals surface area contributed by atoms with Crippen molar-refractivity contribution in [2.75, 3.05) is 0 Å². The Bertz CT molecular complexity index is 1430. The molecule has 0 spiro atoms. The molecule has 8 heteroatoms. The summed E-state index contributed by atoms with van der Waals surface area (Å²) in [7, 11) is 0. The highest BCUT2D eigenvalue weighted by molar-refractivity contribution is 7.24. The molecule has 0 aliphatic carbocycles. The van der Waals surface area contributed by atoms with Gasteiger partial charge >= 0.3 is 11.9 Å². The fraction of sp³-hybridized carbons (Fsp3) is 0.0769. The smallest absolute Gasteiger partial charge is 0.336 e. The van der Waals surface area contributed by atoms with E-state index >= 15 is 0 Å². The Morgan fingerprint density at radius 1 is 0.529 bits per heavy atom. The molecule has 5 aromatic rings. The lowest BCUT2D eigenvalue weighted by atomic mass is 9.96. The molecule has 0 bridgehead atoms. The van der Waals surface area contributed by atoms with Gasteiger partial charge in [-0.05, 0) is 74.5 Å². The number of hydrogen-bond donors (Lipinski definition) is 2. The lowest BCUT2D eigenvalue weighted by Crippen LogP contribution is -2.05. The van der Waals surface area contributed by atoms with Crippen LogP contribution in [0.1, 0.15) is 30.5 Å². The Labute approximate surface area is 212 Å². The maximum atomic E-state index is 12.2. The van der Waals surface area contributed by atoms with Crippen LogP contribution in [0, 0.1) is 13.8 Å². The summed E-state index contributed by atoms with van der Waals surface area (Å²) in [6.45, 7) is 4.08. The van der Waals surface area contributed by atoms with Gasteiger partial charge in [0.25, 0.3) is 0 Å². The SMILES string of the molecule is Cc1ccc(-c2ccc(-c3cc(C(=O)O)c(-c4ccc(-c5ccc(C)s5)s4)cc3C(=O)O)s2)s1. The highest BCUT2D eigenvalue weighted by Crippen LogP contribution is 2.43. The first kappa shape index (κ1) is 22.7. The van der Waals surface area contributed by atoms with Crippen molar-refractivity contribution in [3.63, 3.8) is 0 Å². The van der Waals surface area contributed by atoms with Gasteiger partial charge < -0.3 is 10.2 Å². The molecule has 0 aliphatic rings. The summed E-state index contributed by atoms with van der Waals surface area (Å²) in [5.74, 6) is -2.17. The number of benzene rings is 1. The van der Waals surface area contributed by atoms with Crippen LogP contribution in [-0.2, 0) is 0 Å². The van der Waals surface area contributed by atoms with Crippen molar-refractivity contribution in [3.05, 3.63) is 81.5 Å². The molecule has 4 aromatic heterocycles. The number of carboxylic acid groups (broad SMARTS) is 2. The molecule has 0 atom stereocenters. The largest absolute Gasteiger partial charge is 0.478 e. The average molecular weight is 523 g/mol. The summed E-state index contributed by atoms with van der Waals surface area (Å²) >= 11 is 6.28. The van der Waals surface area contributed by atoms with Gasteiger partial charge in [0.2, 0.25) is 0 Å². The van der Waals surface area contributed by atoms with Crippen molar-refractivity contribution >= 4 is 57.3 Å². The van der Waals surface area contributed by atoms with Crippen molar-refractivity contribution in [1.29, 1.82) is 0 Å². The summed E-state index contributed by atoms with van der Waals surface area (Å²) < 4.78 is 0. The van der Waals surface area contributed by atoms with Gasteiger partial charge in [0.1, 0.15) is 0 Å². The highest BCUT2D eigenvalue weighted by atomic mass is 32.1. The number of carboxylic acids is 2. The first-order valence-electron chi connectivity index (χ1n) is 10.3. The molecular formula is C26H18O4S4. The van der Waals surface area contributed by atoms with Gasteiger partial charge in [-0.1, -0.05) is 0 Å². The molecule has 4 heterocycles. The van der Waals surface area contributed by atoms with Crippen molar-refractivity contribution < 1.29 is 19.8 Å². The van der Waals surface area contributed by atoms with Crippen molar-refractivity contribution in [1.82, 2.24) is 0 Å². The fourth-order valence-corrected chi connectivity index (χ4v) is 7.71. The second-order valence-corrected chi connectivity index (χ2v) is 12.4. The molecule has 0 aliphatic heterocycles. The van der Waals surface area contributed by atoms with E-state index in [1.165, 1.54) is 44.6 Å². The Morgan fingerprint density at radius 3 is 1.18 bits per heavy atom. The Morgan fingerprint density at radius 2 is 0.853 bits per heavy atom. The third kappa shape index (κ3) is 4.25. The standard InChI is InChI=1S/C26H18O4S4/c1-13-3-5-21(31-13)23-9-7-19(33-23)15-11-18(26(29)30)16(12-17(15)25(27)28)20-8-10-24(34-20)22-6-4-14(2)32-22/h3-12H,1-2H3,(H,27,28)(H,29,30). The summed E-state index contributed by atoms with van der Waals surface area (Å²) in [5, 5.41) is 20.0. The van der Waals surface area contributed by atoms with Gasteiger partial charge in [-0.25, -0.2) is 9.59 Å². The normalized spacial score (nSPS) is 11.1. The van der Waals surface area contributed by atoms with E-state index in [0.717, 1.165) is 29.3 Å². The molecule has 0 unspecified atom stereocenters. The summed E-state index contributed by atoms with van der Waals surface area (Å²) in [6.07, 6.45) is 0. The van der Waals surface area contributed by atoms with Gasteiger partial charge in [-0.15, -0.1) is 45.3 Å². The predicted molar refractivity (Wildman–Crippen MR) is 143 cm³/mol. The zero-order valence-electron chi connectivity index (χ0n) is 18.1. The van der Waals surface area contributed by atoms with E-state index in [9.17, 15) is 19.8 Å². The van der Waals surface area contributed by atoms with Crippen molar-refractivity contribution in [2.45, 2.75) is 13.8 Å². The second kappa shape index (κ2) is 8.96. The van der Waals surface area contributed by atoms with Crippen LogP contribution in [0.5, 0.6) is 0 Å². The molecule has 0 saturated carbocycles. The number of aromatic carboxylic acids is 2. The van der Waals surface area contributed by atoms with Gasteiger partial charge in [-0.3, -0.25) is 0 Å². The van der Waals surface area contributed by atoms with Crippen LogP contribution in [-0.4, -0.2) is 22.2 Å². The molecule has 2 N–H and O–H groups in total. The van der Waals surface area contributed by atoms with Crippen LogP contribution < -0.4 is 0 Å². The Hall–Kier alpha value is -3.04. The lowest BCUT2D eigenvalue weighted by molar-refractivity contribution is 0.0682. The molecule has 0 amide bonds. The Kier molecular flexibility index (Phi) is 5.99. The lowest BCUT2D eigenvalue weighted by Gasteiger charge is -2.11. The molecule has 1 aromatic carbocycles. The van der Waals surface area contributed by atoms with Crippen molar-refractivity contribution in [3.8, 4) is 40.4 Å². The van der Waals surface area contributed by atoms with E-state index in [1.807, 2.05) is 62.4 Å². The molecule has 34 heavy (non-hydrogen) atoms. The van der Waals surface area contributed by atoms with Gasteiger partial charge in [0.05, 0.1) is 11.1 Å². The third-order valence-electron chi connectivity index (χ3n) is 5.33. The maximum absolute atomic E-state index is 12.2. The maximum Gasteiger partial charge on any atom is 0.336 e. The monoisotopic (exact) mass is 522 g/mol. The number of aryl methyl sites for hydroxylation is 2. The van der Waals surface area contributed by atoms with Crippen LogP contribution in [0.2, 0.25) is 0 Å².